The van der Waals surface area contributed by atoms with Gasteiger partial charge in [0.05, 0.1) is 12.8 Å². The summed E-state index contributed by atoms with van der Waals surface area (Å²) in [5.41, 5.74) is 6.64. The molecular formula is C29H32N4O2. The number of piperidine rings is 1. The monoisotopic (exact) mass is 468 g/mol. The van der Waals surface area contributed by atoms with Crippen LogP contribution in [0.25, 0.3) is 16.9 Å². The van der Waals surface area contributed by atoms with Gasteiger partial charge in [0.15, 0.2) is 5.65 Å². The van der Waals surface area contributed by atoms with Crippen molar-refractivity contribution in [3.8, 4) is 17.0 Å². The molecule has 2 aromatic carbocycles. The molecule has 35 heavy (non-hydrogen) atoms. The summed E-state index contributed by atoms with van der Waals surface area (Å²) in [6, 6.07) is 18.5. The molecule has 0 radical (unpaired) electrons. The molecule has 3 heterocycles. The van der Waals surface area contributed by atoms with Crippen LogP contribution in [-0.2, 0) is 0 Å². The highest BCUT2D eigenvalue weighted by Gasteiger charge is 2.37. The summed E-state index contributed by atoms with van der Waals surface area (Å²) in [6.07, 6.45) is 5.85. The Labute approximate surface area is 205 Å². The van der Waals surface area contributed by atoms with E-state index in [1.165, 1.54) is 6.42 Å². The Bertz CT molecular complexity index is 1390. The molecular weight excluding hydrogens is 436 g/mol. The lowest BCUT2D eigenvalue weighted by atomic mass is 9.87. The predicted octanol–water partition coefficient (Wildman–Crippen LogP) is 5.54. The first-order valence-electron chi connectivity index (χ1n) is 12.7. The molecule has 6 nitrogen and oxygen atoms in total. The lowest BCUT2D eigenvalue weighted by molar-refractivity contribution is 0.414. The molecule has 180 valence electrons. The van der Waals surface area contributed by atoms with Gasteiger partial charge in [-0.15, -0.1) is 0 Å². The summed E-state index contributed by atoms with van der Waals surface area (Å²) in [4.78, 5) is 21.7. The second kappa shape index (κ2) is 8.91. The summed E-state index contributed by atoms with van der Waals surface area (Å²) in [7, 11) is 1.68. The van der Waals surface area contributed by atoms with Crippen molar-refractivity contribution in [1.29, 1.82) is 0 Å². The maximum absolute atomic E-state index is 14.1. The summed E-state index contributed by atoms with van der Waals surface area (Å²) in [5.74, 6) is 1.34. The van der Waals surface area contributed by atoms with Gasteiger partial charge in [-0.2, -0.15) is 4.52 Å². The number of aromatic nitrogens is 3. The van der Waals surface area contributed by atoms with Gasteiger partial charge in [0, 0.05) is 35.8 Å². The van der Waals surface area contributed by atoms with Crippen molar-refractivity contribution in [3.05, 3.63) is 81.8 Å². The Kier molecular flexibility index (Phi) is 5.59. The molecule has 1 unspecified atom stereocenters. The first-order valence-corrected chi connectivity index (χ1v) is 12.7. The van der Waals surface area contributed by atoms with Gasteiger partial charge in [0.25, 0.3) is 5.56 Å². The van der Waals surface area contributed by atoms with Crippen LogP contribution in [0.15, 0.2) is 59.4 Å². The van der Waals surface area contributed by atoms with E-state index in [-0.39, 0.29) is 11.5 Å². The molecule has 4 aromatic rings. The molecule has 2 fully saturated rings. The first kappa shape index (κ1) is 22.0. The number of benzene rings is 2. The number of hydrogen-bond acceptors (Lipinski definition) is 4. The van der Waals surface area contributed by atoms with E-state index in [1.54, 1.807) is 11.6 Å². The van der Waals surface area contributed by atoms with Crippen LogP contribution in [0.3, 0.4) is 0 Å². The number of hydrogen-bond donors (Lipinski definition) is 1. The SMILES string of the molecule is COc1ccc(C(c2c(C)nc3c(N4CCCCC4)c(-c4ccccc4)[nH]n3c2=O)C2CC2)cc1. The number of aryl methyl sites for hydroxylation is 1. The molecule has 1 aliphatic heterocycles. The predicted molar refractivity (Wildman–Crippen MR) is 140 cm³/mol. The van der Waals surface area contributed by atoms with Gasteiger partial charge < -0.3 is 9.64 Å². The standard InChI is InChI=1S/C29H32N4O2/c1-19-24(25(20-11-12-20)21-13-15-23(35-2)16-14-21)29(34)33-28(30-19)27(32-17-7-4-8-18-32)26(31-33)22-9-5-3-6-10-22/h3,5-6,9-10,13-16,20,25,31H,4,7-8,11-12,17-18H2,1-2H3. The lowest BCUT2D eigenvalue weighted by Gasteiger charge is -2.28. The number of aromatic amines is 1. The van der Waals surface area contributed by atoms with Gasteiger partial charge in [-0.05, 0) is 62.6 Å². The largest absolute Gasteiger partial charge is 0.497 e. The Morgan fingerprint density at radius 2 is 1.71 bits per heavy atom. The average molecular weight is 469 g/mol. The molecule has 2 aliphatic rings. The molecule has 0 amide bonds. The zero-order chi connectivity index (χ0) is 23.9. The minimum absolute atomic E-state index is 0.0145. The quantitative estimate of drug-likeness (QED) is 0.404. The van der Waals surface area contributed by atoms with E-state index in [4.69, 9.17) is 9.72 Å². The van der Waals surface area contributed by atoms with E-state index in [9.17, 15) is 4.79 Å². The molecule has 1 N–H and O–H groups in total. The fourth-order valence-corrected chi connectivity index (χ4v) is 5.68. The van der Waals surface area contributed by atoms with Crippen LogP contribution in [0.5, 0.6) is 5.75 Å². The van der Waals surface area contributed by atoms with Gasteiger partial charge >= 0.3 is 0 Å². The third-order valence-electron chi connectivity index (χ3n) is 7.60. The number of ether oxygens (including phenoxy) is 1. The van der Waals surface area contributed by atoms with Gasteiger partial charge in [0.2, 0.25) is 0 Å². The highest BCUT2D eigenvalue weighted by molar-refractivity contribution is 5.86. The van der Waals surface area contributed by atoms with E-state index in [2.05, 4.69) is 34.3 Å². The summed E-state index contributed by atoms with van der Waals surface area (Å²) >= 11 is 0. The molecule has 1 saturated heterocycles. The van der Waals surface area contributed by atoms with Crippen LogP contribution in [0.2, 0.25) is 0 Å². The summed E-state index contributed by atoms with van der Waals surface area (Å²) in [6.45, 7) is 3.98. The van der Waals surface area contributed by atoms with E-state index in [0.29, 0.717) is 5.92 Å². The van der Waals surface area contributed by atoms with Crippen molar-refractivity contribution < 1.29 is 4.74 Å². The fraction of sp³-hybridized carbons (Fsp3) is 0.379. The number of nitrogens with zero attached hydrogens (tertiary/aromatic N) is 3. The number of methoxy groups -OCH3 is 1. The minimum Gasteiger partial charge on any atom is -0.497 e. The minimum atomic E-state index is 0.0145. The first-order chi connectivity index (χ1) is 17.2. The molecule has 2 aromatic heterocycles. The van der Waals surface area contributed by atoms with Crippen LogP contribution in [-0.4, -0.2) is 34.8 Å². The van der Waals surface area contributed by atoms with Crippen molar-refractivity contribution in [2.45, 2.75) is 44.9 Å². The zero-order valence-electron chi connectivity index (χ0n) is 20.5. The molecule has 1 aliphatic carbocycles. The lowest BCUT2D eigenvalue weighted by Crippen LogP contribution is -2.30. The van der Waals surface area contributed by atoms with Crippen LogP contribution >= 0.6 is 0 Å². The molecule has 1 atom stereocenters. The van der Waals surface area contributed by atoms with Gasteiger partial charge in [-0.1, -0.05) is 42.5 Å². The summed E-state index contributed by atoms with van der Waals surface area (Å²) < 4.78 is 7.07. The van der Waals surface area contributed by atoms with Crippen molar-refractivity contribution in [1.82, 2.24) is 14.6 Å². The van der Waals surface area contributed by atoms with E-state index >= 15 is 0 Å². The van der Waals surface area contributed by atoms with E-state index in [0.717, 1.165) is 83.9 Å². The van der Waals surface area contributed by atoms with Crippen molar-refractivity contribution in [3.63, 3.8) is 0 Å². The average Bonchev–Trinajstić information content (AvgIpc) is 3.67. The van der Waals surface area contributed by atoms with Crippen molar-refractivity contribution >= 4 is 11.3 Å². The Hall–Kier alpha value is -3.54. The van der Waals surface area contributed by atoms with Gasteiger partial charge in [-0.3, -0.25) is 9.89 Å². The molecule has 0 bridgehead atoms. The number of anilines is 1. The van der Waals surface area contributed by atoms with Crippen LogP contribution in [0.1, 0.15) is 54.8 Å². The maximum atomic E-state index is 14.1. The molecule has 6 heteroatoms. The normalized spacial score (nSPS) is 17.0. The molecule has 1 saturated carbocycles. The second-order valence-corrected chi connectivity index (χ2v) is 9.91. The molecule has 6 rings (SSSR count). The van der Waals surface area contributed by atoms with Gasteiger partial charge in [-0.25, -0.2) is 4.98 Å². The highest BCUT2D eigenvalue weighted by Crippen LogP contribution is 2.46. The van der Waals surface area contributed by atoms with Crippen LogP contribution in [0, 0.1) is 12.8 Å². The summed E-state index contributed by atoms with van der Waals surface area (Å²) in [5, 5.41) is 3.48. The van der Waals surface area contributed by atoms with Crippen LogP contribution < -0.4 is 15.2 Å². The third kappa shape index (κ3) is 3.91. The van der Waals surface area contributed by atoms with Crippen LogP contribution in [0.4, 0.5) is 5.69 Å². The smallest absolute Gasteiger partial charge is 0.276 e. The molecule has 0 spiro atoms. The Balaban J connectivity index is 1.55. The number of fused-ring (bicyclic) bond motifs is 1. The number of rotatable bonds is 6. The number of H-pyrrole nitrogens is 1. The van der Waals surface area contributed by atoms with Crippen molar-refractivity contribution in [2.24, 2.45) is 5.92 Å². The van der Waals surface area contributed by atoms with E-state index in [1.807, 2.05) is 37.3 Å². The fourth-order valence-electron chi connectivity index (χ4n) is 5.68. The zero-order valence-corrected chi connectivity index (χ0v) is 20.5. The van der Waals surface area contributed by atoms with E-state index < -0.39 is 0 Å². The maximum Gasteiger partial charge on any atom is 0.276 e. The highest BCUT2D eigenvalue weighted by atomic mass is 16.5. The Morgan fingerprint density at radius 1 is 1.00 bits per heavy atom. The van der Waals surface area contributed by atoms with Gasteiger partial charge in [0.1, 0.15) is 11.4 Å². The Morgan fingerprint density at radius 3 is 2.37 bits per heavy atom. The topological polar surface area (TPSA) is 62.6 Å². The third-order valence-corrected chi connectivity index (χ3v) is 7.60. The number of nitrogens with one attached hydrogen (secondary N) is 1. The van der Waals surface area contributed by atoms with Crippen molar-refractivity contribution in [2.75, 3.05) is 25.1 Å². The second-order valence-electron chi connectivity index (χ2n) is 9.91.